The lowest BCUT2D eigenvalue weighted by Gasteiger charge is -2.12. The molecule has 0 spiro atoms. The van der Waals surface area contributed by atoms with Gasteiger partial charge in [0.15, 0.2) is 17.2 Å². The van der Waals surface area contributed by atoms with Crippen molar-refractivity contribution in [3.05, 3.63) is 81.0 Å². The number of methoxy groups -OCH3 is 1. The Morgan fingerprint density at radius 3 is 2.66 bits per heavy atom. The Kier molecular flexibility index (Phi) is 5.94. The summed E-state index contributed by atoms with van der Waals surface area (Å²) in [6, 6.07) is 8.77. The summed E-state index contributed by atoms with van der Waals surface area (Å²) in [5, 5.41) is 11.0. The number of nitro benzene ring substituents is 1. The first kappa shape index (κ1) is 20.1. The van der Waals surface area contributed by atoms with E-state index >= 15 is 0 Å². The first-order chi connectivity index (χ1) is 13.9. The van der Waals surface area contributed by atoms with Crippen LogP contribution in [0.2, 0.25) is 5.02 Å². The molecule has 0 saturated heterocycles. The van der Waals surface area contributed by atoms with Crippen molar-refractivity contribution in [2.75, 3.05) is 13.7 Å². The molecule has 1 aliphatic rings. The zero-order chi connectivity index (χ0) is 21.0. The maximum Gasteiger partial charge on any atom is 0.363 e. The number of aliphatic imine (C=N–C) groups is 1. The molecular formula is C20H15ClN2O6. The predicted molar refractivity (Wildman–Crippen MR) is 107 cm³/mol. The molecule has 0 aliphatic carbocycles. The lowest BCUT2D eigenvalue weighted by molar-refractivity contribution is -0.384. The molecule has 1 heterocycles. The zero-order valence-electron chi connectivity index (χ0n) is 15.3. The molecule has 148 valence electrons. The predicted octanol–water partition coefficient (Wildman–Crippen LogP) is 4.17. The van der Waals surface area contributed by atoms with Crippen LogP contribution in [0, 0.1) is 10.1 Å². The van der Waals surface area contributed by atoms with Gasteiger partial charge in [0, 0.05) is 17.7 Å². The molecule has 0 fully saturated rings. The van der Waals surface area contributed by atoms with Crippen molar-refractivity contribution in [1.82, 2.24) is 0 Å². The largest absolute Gasteiger partial charge is 0.493 e. The van der Waals surface area contributed by atoms with E-state index in [-0.39, 0.29) is 23.9 Å². The number of rotatable bonds is 7. The fourth-order valence-corrected chi connectivity index (χ4v) is 2.80. The highest BCUT2D eigenvalue weighted by molar-refractivity contribution is 6.32. The molecule has 0 atom stereocenters. The lowest BCUT2D eigenvalue weighted by atomic mass is 10.1. The van der Waals surface area contributed by atoms with Gasteiger partial charge in [0.05, 0.1) is 17.1 Å². The van der Waals surface area contributed by atoms with Gasteiger partial charge >= 0.3 is 5.97 Å². The number of esters is 1. The van der Waals surface area contributed by atoms with Crippen molar-refractivity contribution in [2.45, 2.75) is 0 Å². The van der Waals surface area contributed by atoms with Crippen LogP contribution < -0.4 is 9.47 Å². The van der Waals surface area contributed by atoms with Crippen LogP contribution in [0.1, 0.15) is 11.1 Å². The van der Waals surface area contributed by atoms with Gasteiger partial charge in [-0.2, -0.15) is 0 Å². The number of non-ortho nitro benzene ring substituents is 1. The first-order valence-corrected chi connectivity index (χ1v) is 8.69. The molecule has 9 heteroatoms. The molecule has 0 radical (unpaired) electrons. The summed E-state index contributed by atoms with van der Waals surface area (Å²) in [7, 11) is 1.47. The van der Waals surface area contributed by atoms with Crippen molar-refractivity contribution >= 4 is 35.2 Å². The number of nitrogens with zero attached hydrogens (tertiary/aromatic N) is 2. The van der Waals surface area contributed by atoms with Gasteiger partial charge in [0.1, 0.15) is 6.61 Å². The average molecular weight is 415 g/mol. The molecule has 0 amide bonds. The van der Waals surface area contributed by atoms with E-state index in [0.29, 0.717) is 27.6 Å². The normalized spacial score (nSPS) is 14.3. The fraction of sp³-hybridized carbons (Fsp3) is 0.100. The standard InChI is InChI=1S/C20H15ClN2O6/c1-3-8-28-18-15(21)9-12(11-17(18)27-2)10-16-20(24)29-19(22-16)13-4-6-14(7-5-13)23(25)26/h3-7,9-11H,1,8H2,2H3/b16-10-. The fourth-order valence-electron chi connectivity index (χ4n) is 2.52. The van der Waals surface area contributed by atoms with E-state index in [1.54, 1.807) is 18.2 Å². The molecule has 0 bridgehead atoms. The van der Waals surface area contributed by atoms with E-state index in [1.165, 1.54) is 37.5 Å². The van der Waals surface area contributed by atoms with Crippen LogP contribution >= 0.6 is 11.6 Å². The van der Waals surface area contributed by atoms with Crippen molar-refractivity contribution in [3.8, 4) is 11.5 Å². The molecule has 1 aliphatic heterocycles. The SMILES string of the molecule is C=CCOc1c(Cl)cc(/C=C2\N=C(c3ccc([N+](=O)[O-])cc3)OC2=O)cc1OC. The number of cyclic esters (lactones) is 1. The Morgan fingerprint density at radius 1 is 1.31 bits per heavy atom. The number of carbonyl (C=O) groups excluding carboxylic acids is 1. The summed E-state index contributed by atoms with van der Waals surface area (Å²) in [5.74, 6) is 0.151. The van der Waals surface area contributed by atoms with E-state index in [4.69, 9.17) is 25.8 Å². The maximum absolute atomic E-state index is 12.2. The molecule has 2 aromatic carbocycles. The Hall–Kier alpha value is -3.65. The van der Waals surface area contributed by atoms with Crippen LogP contribution in [0.5, 0.6) is 11.5 Å². The van der Waals surface area contributed by atoms with E-state index in [1.807, 2.05) is 0 Å². The van der Waals surface area contributed by atoms with Gasteiger partial charge in [0.2, 0.25) is 5.90 Å². The third kappa shape index (κ3) is 4.44. The second kappa shape index (κ2) is 8.57. The molecule has 0 N–H and O–H groups in total. The van der Waals surface area contributed by atoms with Gasteiger partial charge in [-0.25, -0.2) is 9.79 Å². The highest BCUT2D eigenvalue weighted by atomic mass is 35.5. The van der Waals surface area contributed by atoms with Gasteiger partial charge in [0.25, 0.3) is 5.69 Å². The summed E-state index contributed by atoms with van der Waals surface area (Å²) in [4.78, 5) is 26.6. The summed E-state index contributed by atoms with van der Waals surface area (Å²) in [5.41, 5.74) is 0.973. The zero-order valence-corrected chi connectivity index (χ0v) is 16.0. The minimum Gasteiger partial charge on any atom is -0.493 e. The minimum atomic E-state index is -0.652. The van der Waals surface area contributed by atoms with Gasteiger partial charge < -0.3 is 14.2 Å². The molecule has 3 rings (SSSR count). The highest BCUT2D eigenvalue weighted by Gasteiger charge is 2.25. The van der Waals surface area contributed by atoms with E-state index in [9.17, 15) is 14.9 Å². The van der Waals surface area contributed by atoms with Gasteiger partial charge in [-0.15, -0.1) is 0 Å². The van der Waals surface area contributed by atoms with Crippen molar-refractivity contribution in [3.63, 3.8) is 0 Å². The van der Waals surface area contributed by atoms with Crippen LogP contribution in [-0.4, -0.2) is 30.5 Å². The molecular weight excluding hydrogens is 400 g/mol. The van der Waals surface area contributed by atoms with Crippen LogP contribution in [0.25, 0.3) is 6.08 Å². The minimum absolute atomic E-state index is 0.0521. The molecule has 0 saturated carbocycles. The second-order valence-electron chi connectivity index (χ2n) is 5.77. The van der Waals surface area contributed by atoms with Crippen molar-refractivity contribution in [1.29, 1.82) is 0 Å². The molecule has 0 aromatic heterocycles. The quantitative estimate of drug-likeness (QED) is 0.221. The number of nitro groups is 1. The van der Waals surface area contributed by atoms with Gasteiger partial charge in [-0.1, -0.05) is 24.3 Å². The highest BCUT2D eigenvalue weighted by Crippen LogP contribution is 2.37. The topological polar surface area (TPSA) is 100 Å². The summed E-state index contributed by atoms with van der Waals surface area (Å²) >= 11 is 6.26. The number of ether oxygens (including phenoxy) is 3. The molecule has 8 nitrogen and oxygen atoms in total. The second-order valence-corrected chi connectivity index (χ2v) is 6.18. The first-order valence-electron chi connectivity index (χ1n) is 8.31. The molecule has 2 aromatic rings. The third-order valence-corrected chi connectivity index (χ3v) is 4.13. The van der Waals surface area contributed by atoms with Crippen molar-refractivity contribution in [2.24, 2.45) is 4.99 Å². The summed E-state index contributed by atoms with van der Waals surface area (Å²) in [6.45, 7) is 3.84. The Morgan fingerprint density at radius 2 is 2.03 bits per heavy atom. The molecule has 0 unspecified atom stereocenters. The maximum atomic E-state index is 12.2. The third-order valence-electron chi connectivity index (χ3n) is 3.85. The summed E-state index contributed by atoms with van der Waals surface area (Å²) in [6.07, 6.45) is 3.07. The number of carbonyl (C=O) groups is 1. The van der Waals surface area contributed by atoms with Crippen LogP contribution in [-0.2, 0) is 9.53 Å². The Labute approximate surface area is 170 Å². The van der Waals surface area contributed by atoms with Crippen LogP contribution in [0.4, 0.5) is 5.69 Å². The average Bonchev–Trinajstić information content (AvgIpc) is 3.07. The number of benzene rings is 2. The monoisotopic (exact) mass is 414 g/mol. The number of hydrogen-bond acceptors (Lipinski definition) is 7. The lowest BCUT2D eigenvalue weighted by Crippen LogP contribution is -2.05. The smallest absolute Gasteiger partial charge is 0.363 e. The van der Waals surface area contributed by atoms with Crippen molar-refractivity contribution < 1.29 is 23.9 Å². The Bertz CT molecular complexity index is 1040. The van der Waals surface area contributed by atoms with Gasteiger partial charge in [-0.05, 0) is 35.9 Å². The number of hydrogen-bond donors (Lipinski definition) is 0. The van der Waals surface area contributed by atoms with Crippen LogP contribution in [0.3, 0.4) is 0 Å². The number of halogens is 1. The van der Waals surface area contributed by atoms with E-state index in [0.717, 1.165) is 0 Å². The van der Waals surface area contributed by atoms with Gasteiger partial charge in [-0.3, -0.25) is 10.1 Å². The summed E-state index contributed by atoms with van der Waals surface area (Å²) < 4.78 is 16.0. The van der Waals surface area contributed by atoms with E-state index in [2.05, 4.69) is 11.6 Å². The molecule has 29 heavy (non-hydrogen) atoms. The van der Waals surface area contributed by atoms with Crippen LogP contribution in [0.15, 0.2) is 59.7 Å². The Balaban J connectivity index is 1.91. The van der Waals surface area contributed by atoms with E-state index < -0.39 is 10.9 Å².